The summed E-state index contributed by atoms with van der Waals surface area (Å²) in [4.78, 5) is 34.0. The van der Waals surface area contributed by atoms with E-state index in [1.807, 2.05) is 59.2 Å². The fraction of sp³-hybridized carbons (Fsp3) is 0.250. The number of carbonyl (C=O) groups excluding carboxylic acids is 2. The number of esters is 1. The number of rotatable bonds is 7. The molecule has 0 N–H and O–H groups in total. The molecule has 36 heavy (non-hydrogen) atoms. The molecule has 0 radical (unpaired) electrons. The molecule has 2 atom stereocenters. The first-order valence-corrected chi connectivity index (χ1v) is 11.8. The molecule has 3 aromatic carbocycles. The molecule has 5 rings (SSSR count). The van der Waals surface area contributed by atoms with Crippen LogP contribution in [0.25, 0.3) is 11.0 Å². The van der Waals surface area contributed by atoms with Gasteiger partial charge < -0.3 is 18.8 Å². The van der Waals surface area contributed by atoms with E-state index < -0.39 is 17.9 Å². The number of carbonyl (C=O) groups is 2. The maximum absolute atomic E-state index is 14.1. The van der Waals surface area contributed by atoms with Crippen LogP contribution in [0.2, 0.25) is 0 Å². The number of benzene rings is 3. The minimum atomic E-state index is -1.15. The van der Waals surface area contributed by atoms with E-state index in [4.69, 9.17) is 19.2 Å². The fourth-order valence-corrected chi connectivity index (χ4v) is 4.81. The Hall–Kier alpha value is -4.33. The number of methoxy groups -OCH3 is 2. The van der Waals surface area contributed by atoms with Crippen LogP contribution in [-0.4, -0.2) is 42.3 Å². The third-order valence-corrected chi connectivity index (χ3v) is 6.42. The van der Waals surface area contributed by atoms with Gasteiger partial charge >= 0.3 is 5.97 Å². The molecule has 0 saturated carbocycles. The smallest absolute Gasteiger partial charge is 0.321 e. The van der Waals surface area contributed by atoms with Crippen molar-refractivity contribution in [2.24, 2.45) is 5.92 Å². The number of hydrogen-bond acceptors (Lipinski definition) is 6. The van der Waals surface area contributed by atoms with E-state index >= 15 is 0 Å². The minimum Gasteiger partial charge on any atom is -0.497 e. The molecule has 0 aliphatic carbocycles. The summed E-state index contributed by atoms with van der Waals surface area (Å²) in [5.41, 5.74) is 3.06. The highest BCUT2D eigenvalue weighted by Gasteiger charge is 2.48. The molecule has 1 aliphatic rings. The number of fused-ring (bicyclic) bond motifs is 3. The van der Waals surface area contributed by atoms with Crippen molar-refractivity contribution in [3.05, 3.63) is 83.9 Å². The van der Waals surface area contributed by atoms with E-state index in [-0.39, 0.29) is 19.1 Å². The van der Waals surface area contributed by atoms with Crippen molar-refractivity contribution in [3.8, 4) is 11.5 Å². The number of anilines is 1. The van der Waals surface area contributed by atoms with Crippen LogP contribution in [0, 0.1) is 5.92 Å². The Morgan fingerprint density at radius 3 is 2.44 bits per heavy atom. The number of imidazole rings is 1. The summed E-state index contributed by atoms with van der Waals surface area (Å²) in [6.45, 7) is 2.15. The van der Waals surface area contributed by atoms with Gasteiger partial charge in [-0.3, -0.25) is 14.5 Å². The van der Waals surface area contributed by atoms with Gasteiger partial charge in [0.1, 0.15) is 11.5 Å². The van der Waals surface area contributed by atoms with E-state index in [9.17, 15) is 9.59 Å². The van der Waals surface area contributed by atoms with Crippen LogP contribution >= 0.6 is 0 Å². The third kappa shape index (κ3) is 3.94. The van der Waals surface area contributed by atoms with Gasteiger partial charge in [0.05, 0.1) is 44.4 Å². The number of ether oxygens (including phenoxy) is 3. The molecule has 4 aromatic rings. The van der Waals surface area contributed by atoms with Gasteiger partial charge in [-0.05, 0) is 42.8 Å². The molecule has 1 aromatic heterocycles. The molecule has 0 bridgehead atoms. The summed E-state index contributed by atoms with van der Waals surface area (Å²) >= 11 is 0. The monoisotopic (exact) mass is 485 g/mol. The Morgan fingerprint density at radius 1 is 0.972 bits per heavy atom. The summed E-state index contributed by atoms with van der Waals surface area (Å²) in [7, 11) is 3.13. The van der Waals surface area contributed by atoms with Crippen LogP contribution in [0.4, 0.5) is 5.95 Å². The van der Waals surface area contributed by atoms with Gasteiger partial charge in [0, 0.05) is 5.56 Å². The van der Waals surface area contributed by atoms with Crippen LogP contribution in [0.3, 0.4) is 0 Å². The zero-order chi connectivity index (χ0) is 25.2. The largest absolute Gasteiger partial charge is 0.497 e. The van der Waals surface area contributed by atoms with Crippen LogP contribution in [0.1, 0.15) is 24.1 Å². The molecule has 1 amide bonds. The first-order chi connectivity index (χ1) is 17.6. The van der Waals surface area contributed by atoms with E-state index in [2.05, 4.69) is 0 Å². The number of hydrogen-bond donors (Lipinski definition) is 0. The molecular formula is C28H27N3O5. The van der Waals surface area contributed by atoms with Crippen molar-refractivity contribution in [2.45, 2.75) is 19.5 Å². The fourth-order valence-electron chi connectivity index (χ4n) is 4.81. The lowest BCUT2D eigenvalue weighted by Gasteiger charge is -2.38. The lowest BCUT2D eigenvalue weighted by Crippen LogP contribution is -2.49. The molecule has 8 nitrogen and oxygen atoms in total. The average Bonchev–Trinajstić information content (AvgIpc) is 3.29. The molecule has 0 spiro atoms. The van der Waals surface area contributed by atoms with Crippen molar-refractivity contribution in [1.29, 1.82) is 0 Å². The van der Waals surface area contributed by atoms with Crippen LogP contribution in [0.5, 0.6) is 11.5 Å². The maximum atomic E-state index is 14.1. The molecule has 8 heteroatoms. The zero-order valence-electron chi connectivity index (χ0n) is 20.4. The van der Waals surface area contributed by atoms with Gasteiger partial charge in [-0.15, -0.1) is 0 Å². The molecule has 0 saturated heterocycles. The van der Waals surface area contributed by atoms with E-state index in [1.165, 1.54) is 0 Å². The SMILES string of the molecule is CCOC(=O)[C@@H]1C(=O)N(Cc2ccccc2)c2nc3ccccc3n2[C@H]1c1cc(OC)ccc1OC. The summed E-state index contributed by atoms with van der Waals surface area (Å²) in [5, 5.41) is 0. The van der Waals surface area contributed by atoms with Crippen LogP contribution in [0.15, 0.2) is 72.8 Å². The molecule has 0 unspecified atom stereocenters. The minimum absolute atomic E-state index is 0.154. The van der Waals surface area contributed by atoms with Crippen molar-refractivity contribution in [1.82, 2.24) is 9.55 Å². The van der Waals surface area contributed by atoms with Crippen molar-refractivity contribution >= 4 is 28.9 Å². The summed E-state index contributed by atoms with van der Waals surface area (Å²) in [6.07, 6.45) is 0. The molecular weight excluding hydrogens is 458 g/mol. The topological polar surface area (TPSA) is 82.9 Å². The Balaban J connectivity index is 1.79. The molecule has 0 fully saturated rings. The number of aromatic nitrogens is 2. The Bertz CT molecular complexity index is 1420. The maximum Gasteiger partial charge on any atom is 0.321 e. The second-order valence-corrected chi connectivity index (χ2v) is 8.46. The summed E-state index contributed by atoms with van der Waals surface area (Å²) < 4.78 is 18.5. The van der Waals surface area contributed by atoms with Crippen molar-refractivity contribution in [2.75, 3.05) is 25.7 Å². The summed E-state index contributed by atoms with van der Waals surface area (Å²) in [5.74, 6) is -0.559. The second kappa shape index (κ2) is 9.73. The van der Waals surface area contributed by atoms with Crippen LogP contribution in [-0.2, 0) is 20.9 Å². The number of para-hydroxylation sites is 2. The highest BCUT2D eigenvalue weighted by molar-refractivity contribution is 6.08. The van der Waals surface area contributed by atoms with Crippen molar-refractivity contribution in [3.63, 3.8) is 0 Å². The highest BCUT2D eigenvalue weighted by Crippen LogP contribution is 2.45. The van der Waals surface area contributed by atoms with Gasteiger partial charge in [0.25, 0.3) is 0 Å². The molecule has 184 valence electrons. The van der Waals surface area contributed by atoms with E-state index in [1.54, 1.807) is 44.2 Å². The quantitative estimate of drug-likeness (QED) is 0.286. The predicted molar refractivity (Wildman–Crippen MR) is 135 cm³/mol. The lowest BCUT2D eigenvalue weighted by molar-refractivity contribution is -0.153. The van der Waals surface area contributed by atoms with E-state index in [0.717, 1.165) is 16.6 Å². The van der Waals surface area contributed by atoms with Crippen LogP contribution < -0.4 is 14.4 Å². The Morgan fingerprint density at radius 2 is 1.72 bits per heavy atom. The van der Waals surface area contributed by atoms with E-state index in [0.29, 0.717) is 23.0 Å². The van der Waals surface area contributed by atoms with Gasteiger partial charge in [0.2, 0.25) is 11.9 Å². The standard InChI is InChI=1S/C28H27N3O5/c1-4-36-27(33)24-25(20-16-19(34-2)14-15-23(20)35-3)31-22-13-9-8-12-21(22)29-28(31)30(26(24)32)17-18-10-6-5-7-11-18/h5-16,24-25H,4,17H2,1-3H3/t24-,25-/m0/s1. The number of nitrogens with zero attached hydrogens (tertiary/aromatic N) is 3. The molecule has 2 heterocycles. The first-order valence-electron chi connectivity index (χ1n) is 11.8. The van der Waals surface area contributed by atoms with Gasteiger partial charge in [0.15, 0.2) is 5.92 Å². The van der Waals surface area contributed by atoms with Crippen molar-refractivity contribution < 1.29 is 23.8 Å². The Labute approximate surface area is 209 Å². The Kier molecular flexibility index (Phi) is 6.33. The average molecular weight is 486 g/mol. The normalized spacial score (nSPS) is 17.1. The van der Waals surface area contributed by atoms with Gasteiger partial charge in [-0.2, -0.15) is 0 Å². The first kappa shape index (κ1) is 23.4. The summed E-state index contributed by atoms with van der Waals surface area (Å²) in [6, 6.07) is 21.9. The molecule has 1 aliphatic heterocycles. The third-order valence-electron chi connectivity index (χ3n) is 6.42. The zero-order valence-corrected chi connectivity index (χ0v) is 20.4. The highest BCUT2D eigenvalue weighted by atomic mass is 16.5. The second-order valence-electron chi connectivity index (χ2n) is 8.46. The predicted octanol–water partition coefficient (Wildman–Crippen LogP) is 4.37. The number of amides is 1. The lowest BCUT2D eigenvalue weighted by atomic mass is 9.88. The van der Waals surface area contributed by atoms with Gasteiger partial charge in [-0.1, -0.05) is 42.5 Å². The van der Waals surface area contributed by atoms with Gasteiger partial charge in [-0.25, -0.2) is 4.98 Å².